The molecule has 0 aromatic heterocycles. The lowest BCUT2D eigenvalue weighted by Crippen LogP contribution is -2.03. The molecule has 0 aliphatic heterocycles. The Morgan fingerprint density at radius 1 is 0.762 bits per heavy atom. The minimum atomic E-state index is -0.538. The summed E-state index contributed by atoms with van der Waals surface area (Å²) in [7, 11) is 0. The SMILES string of the molecule is OCc1cccc2cccc(CC(O)c3ccccc3)c12. The van der Waals surface area contributed by atoms with Crippen LogP contribution in [0.2, 0.25) is 0 Å². The highest BCUT2D eigenvalue weighted by Crippen LogP contribution is 2.27. The van der Waals surface area contributed by atoms with Crippen molar-refractivity contribution in [2.75, 3.05) is 0 Å². The number of aliphatic hydroxyl groups excluding tert-OH is 2. The van der Waals surface area contributed by atoms with Gasteiger partial charge in [0.15, 0.2) is 0 Å². The Bertz CT molecular complexity index is 730. The van der Waals surface area contributed by atoms with Crippen LogP contribution in [0.4, 0.5) is 0 Å². The van der Waals surface area contributed by atoms with Crippen LogP contribution >= 0.6 is 0 Å². The third-order valence-corrected chi connectivity index (χ3v) is 3.85. The maximum absolute atomic E-state index is 10.4. The van der Waals surface area contributed by atoms with Gasteiger partial charge in [-0.25, -0.2) is 0 Å². The molecule has 106 valence electrons. The van der Waals surface area contributed by atoms with Gasteiger partial charge in [0, 0.05) is 6.42 Å². The number of aliphatic hydroxyl groups is 2. The summed E-state index contributed by atoms with van der Waals surface area (Å²) in [4.78, 5) is 0. The van der Waals surface area contributed by atoms with E-state index in [9.17, 15) is 10.2 Å². The molecule has 3 aromatic carbocycles. The first kappa shape index (κ1) is 13.8. The largest absolute Gasteiger partial charge is 0.392 e. The normalized spacial score (nSPS) is 12.5. The molecule has 2 heteroatoms. The van der Waals surface area contributed by atoms with Crippen LogP contribution in [0.1, 0.15) is 22.8 Å². The van der Waals surface area contributed by atoms with E-state index in [-0.39, 0.29) is 6.61 Å². The molecule has 0 aliphatic rings. The minimum Gasteiger partial charge on any atom is -0.392 e. The third kappa shape index (κ3) is 2.82. The summed E-state index contributed by atoms with van der Waals surface area (Å²) in [5.41, 5.74) is 2.88. The molecular weight excluding hydrogens is 260 g/mol. The van der Waals surface area contributed by atoms with E-state index in [1.54, 1.807) is 0 Å². The summed E-state index contributed by atoms with van der Waals surface area (Å²) in [6, 6.07) is 21.6. The van der Waals surface area contributed by atoms with Crippen molar-refractivity contribution in [3.63, 3.8) is 0 Å². The highest BCUT2D eigenvalue weighted by molar-refractivity contribution is 5.88. The van der Waals surface area contributed by atoms with Crippen molar-refractivity contribution in [1.29, 1.82) is 0 Å². The van der Waals surface area contributed by atoms with Crippen molar-refractivity contribution >= 4 is 10.8 Å². The Morgan fingerprint density at radius 2 is 1.43 bits per heavy atom. The molecule has 2 nitrogen and oxygen atoms in total. The van der Waals surface area contributed by atoms with Gasteiger partial charge < -0.3 is 10.2 Å². The van der Waals surface area contributed by atoms with Crippen LogP contribution < -0.4 is 0 Å². The molecule has 0 radical (unpaired) electrons. The van der Waals surface area contributed by atoms with Gasteiger partial charge in [0.2, 0.25) is 0 Å². The number of fused-ring (bicyclic) bond motifs is 1. The molecule has 3 rings (SSSR count). The van der Waals surface area contributed by atoms with Crippen molar-refractivity contribution in [2.45, 2.75) is 19.1 Å². The summed E-state index contributed by atoms with van der Waals surface area (Å²) in [6.45, 7) is 0.00971. The van der Waals surface area contributed by atoms with Crippen LogP contribution in [-0.4, -0.2) is 10.2 Å². The zero-order chi connectivity index (χ0) is 14.7. The number of rotatable bonds is 4. The van der Waals surface area contributed by atoms with Gasteiger partial charge in [-0.3, -0.25) is 0 Å². The predicted octanol–water partition coefficient (Wildman–Crippen LogP) is 3.61. The van der Waals surface area contributed by atoms with Gasteiger partial charge in [0.1, 0.15) is 0 Å². The second-order valence-electron chi connectivity index (χ2n) is 5.22. The molecule has 0 saturated heterocycles. The van der Waals surface area contributed by atoms with E-state index in [0.717, 1.165) is 27.5 Å². The number of hydrogen-bond donors (Lipinski definition) is 2. The van der Waals surface area contributed by atoms with Gasteiger partial charge in [0.05, 0.1) is 12.7 Å². The Hall–Kier alpha value is -2.16. The second kappa shape index (κ2) is 6.08. The molecule has 0 fully saturated rings. The molecule has 0 spiro atoms. The van der Waals surface area contributed by atoms with Gasteiger partial charge in [-0.1, -0.05) is 66.7 Å². The summed E-state index contributed by atoms with van der Waals surface area (Å²) in [5, 5.41) is 22.1. The van der Waals surface area contributed by atoms with Crippen LogP contribution in [0.5, 0.6) is 0 Å². The monoisotopic (exact) mass is 278 g/mol. The Balaban J connectivity index is 2.01. The average Bonchev–Trinajstić information content (AvgIpc) is 2.55. The first-order chi connectivity index (χ1) is 10.3. The van der Waals surface area contributed by atoms with Gasteiger partial charge in [-0.05, 0) is 27.5 Å². The molecule has 0 bridgehead atoms. The van der Waals surface area contributed by atoms with Crippen molar-refractivity contribution in [3.8, 4) is 0 Å². The van der Waals surface area contributed by atoms with Gasteiger partial charge in [-0.15, -0.1) is 0 Å². The lowest BCUT2D eigenvalue weighted by molar-refractivity contribution is 0.179. The average molecular weight is 278 g/mol. The molecule has 0 amide bonds. The maximum Gasteiger partial charge on any atom is 0.0830 e. The quantitative estimate of drug-likeness (QED) is 0.765. The second-order valence-corrected chi connectivity index (χ2v) is 5.22. The Labute approximate surface area is 124 Å². The highest BCUT2D eigenvalue weighted by Gasteiger charge is 2.12. The fraction of sp³-hybridized carbons (Fsp3) is 0.158. The highest BCUT2D eigenvalue weighted by atomic mass is 16.3. The van der Waals surface area contributed by atoms with E-state index >= 15 is 0 Å². The number of hydrogen-bond acceptors (Lipinski definition) is 2. The van der Waals surface area contributed by atoms with Gasteiger partial charge >= 0.3 is 0 Å². The van der Waals surface area contributed by atoms with E-state index in [4.69, 9.17) is 0 Å². The summed E-state index contributed by atoms with van der Waals surface area (Å²) in [6.07, 6.45) is 0.00167. The van der Waals surface area contributed by atoms with E-state index < -0.39 is 6.10 Å². The van der Waals surface area contributed by atoms with Crippen molar-refractivity contribution in [2.24, 2.45) is 0 Å². The molecule has 21 heavy (non-hydrogen) atoms. The van der Waals surface area contributed by atoms with E-state index in [2.05, 4.69) is 0 Å². The predicted molar refractivity (Wildman–Crippen MR) is 85.0 cm³/mol. The molecule has 0 aliphatic carbocycles. The summed E-state index contributed by atoms with van der Waals surface area (Å²) in [5.74, 6) is 0. The van der Waals surface area contributed by atoms with Crippen LogP contribution in [0.15, 0.2) is 66.7 Å². The van der Waals surface area contributed by atoms with E-state index in [1.807, 2.05) is 66.7 Å². The molecular formula is C19H18O2. The third-order valence-electron chi connectivity index (χ3n) is 3.85. The van der Waals surface area contributed by atoms with Gasteiger partial charge in [-0.2, -0.15) is 0 Å². The zero-order valence-electron chi connectivity index (χ0n) is 11.7. The molecule has 3 aromatic rings. The van der Waals surface area contributed by atoms with Crippen LogP contribution in [0.25, 0.3) is 10.8 Å². The topological polar surface area (TPSA) is 40.5 Å². The Kier molecular flexibility index (Phi) is 4.00. The van der Waals surface area contributed by atoms with Crippen LogP contribution in [0.3, 0.4) is 0 Å². The first-order valence-corrected chi connectivity index (χ1v) is 7.13. The fourth-order valence-corrected chi connectivity index (χ4v) is 2.80. The molecule has 0 heterocycles. The van der Waals surface area contributed by atoms with Crippen molar-refractivity contribution < 1.29 is 10.2 Å². The van der Waals surface area contributed by atoms with E-state index in [1.165, 1.54) is 0 Å². The molecule has 1 unspecified atom stereocenters. The fourth-order valence-electron chi connectivity index (χ4n) is 2.80. The summed E-state index contributed by atoms with van der Waals surface area (Å²) >= 11 is 0. The molecule has 2 N–H and O–H groups in total. The minimum absolute atomic E-state index is 0.00971. The lowest BCUT2D eigenvalue weighted by Gasteiger charge is -2.15. The van der Waals surface area contributed by atoms with Crippen molar-refractivity contribution in [1.82, 2.24) is 0 Å². The molecule has 1 atom stereocenters. The molecule has 0 saturated carbocycles. The van der Waals surface area contributed by atoms with Gasteiger partial charge in [0.25, 0.3) is 0 Å². The maximum atomic E-state index is 10.4. The van der Waals surface area contributed by atoms with Crippen LogP contribution in [-0.2, 0) is 13.0 Å². The standard InChI is InChI=1S/C19H18O2/c20-13-17-11-5-9-15-8-4-10-16(19(15)17)12-18(21)14-6-2-1-3-7-14/h1-11,18,20-21H,12-13H2. The first-order valence-electron chi connectivity index (χ1n) is 7.13. The number of benzene rings is 3. The summed E-state index contributed by atoms with van der Waals surface area (Å²) < 4.78 is 0. The lowest BCUT2D eigenvalue weighted by atomic mass is 9.94. The van der Waals surface area contributed by atoms with Crippen LogP contribution in [0, 0.1) is 0 Å². The smallest absolute Gasteiger partial charge is 0.0830 e. The van der Waals surface area contributed by atoms with E-state index in [0.29, 0.717) is 6.42 Å². The Morgan fingerprint density at radius 3 is 2.10 bits per heavy atom. The zero-order valence-corrected chi connectivity index (χ0v) is 11.7. The van der Waals surface area contributed by atoms with Crippen molar-refractivity contribution in [3.05, 3.63) is 83.4 Å².